The van der Waals surface area contributed by atoms with Crippen LogP contribution in [0, 0.1) is 0 Å². The maximum Gasteiger partial charge on any atom is 0.254 e. The Morgan fingerprint density at radius 3 is 2.71 bits per heavy atom. The fourth-order valence-corrected chi connectivity index (χ4v) is 5.42. The number of hydrogen-bond donors (Lipinski definition) is 0. The van der Waals surface area contributed by atoms with Crippen LogP contribution in [0.5, 0.6) is 17.2 Å². The average molecular weight is 493 g/mol. The van der Waals surface area contributed by atoms with Gasteiger partial charge in [-0.15, -0.1) is 11.3 Å². The topological polar surface area (TPSA) is 68.3 Å². The largest absolute Gasteiger partial charge is 0.491 e. The van der Waals surface area contributed by atoms with Crippen molar-refractivity contribution in [3.8, 4) is 17.2 Å². The molecule has 2 aromatic carbocycles. The Morgan fingerprint density at radius 1 is 1.11 bits per heavy atom. The van der Waals surface area contributed by atoms with Crippen molar-refractivity contribution in [2.45, 2.75) is 32.4 Å². The smallest absolute Gasteiger partial charge is 0.254 e. The number of benzene rings is 2. The minimum atomic E-state index is -0.211. The molecule has 1 aromatic heterocycles. The Bertz CT molecular complexity index is 1210. The number of ether oxygens (including phenoxy) is 3. The highest BCUT2D eigenvalue weighted by Crippen LogP contribution is 2.35. The molecule has 1 atom stereocenters. The van der Waals surface area contributed by atoms with E-state index in [1.54, 1.807) is 34.4 Å². The standard InChI is InChI=1S/C27H28N2O5S/c1-18(2)29(27(31)19-8-9-23-24(14-19)34-17-33-23)15-26(30)28-12-10-25-21(11-13-35-25)22(28)16-32-20-6-4-3-5-7-20/h3-9,11,13-14,18,22H,10,12,15-17H2,1-2H3/t22-/m1/s1. The highest BCUT2D eigenvalue weighted by Gasteiger charge is 2.34. The van der Waals surface area contributed by atoms with Crippen LogP contribution in [0.3, 0.4) is 0 Å². The number of rotatable bonds is 7. The first-order chi connectivity index (χ1) is 17.0. The van der Waals surface area contributed by atoms with Gasteiger partial charge in [0.2, 0.25) is 12.7 Å². The summed E-state index contributed by atoms with van der Waals surface area (Å²) in [6.07, 6.45) is 0.804. The van der Waals surface area contributed by atoms with Crippen molar-refractivity contribution in [1.82, 2.24) is 9.80 Å². The zero-order valence-electron chi connectivity index (χ0n) is 19.8. The van der Waals surface area contributed by atoms with Crippen molar-refractivity contribution in [1.29, 1.82) is 0 Å². The van der Waals surface area contributed by atoms with E-state index < -0.39 is 0 Å². The van der Waals surface area contributed by atoms with Gasteiger partial charge in [-0.25, -0.2) is 0 Å². The van der Waals surface area contributed by atoms with Crippen LogP contribution in [0.25, 0.3) is 0 Å². The van der Waals surface area contributed by atoms with Crippen LogP contribution >= 0.6 is 11.3 Å². The van der Waals surface area contributed by atoms with E-state index in [1.807, 2.05) is 49.1 Å². The van der Waals surface area contributed by atoms with Crippen LogP contribution in [0.4, 0.5) is 0 Å². The molecule has 35 heavy (non-hydrogen) atoms. The normalized spacial score (nSPS) is 16.2. The zero-order valence-corrected chi connectivity index (χ0v) is 20.6. The molecule has 0 spiro atoms. The highest BCUT2D eigenvalue weighted by molar-refractivity contribution is 7.10. The summed E-state index contributed by atoms with van der Waals surface area (Å²) in [4.78, 5) is 31.8. The van der Waals surface area contributed by atoms with E-state index in [1.165, 1.54) is 4.88 Å². The third-order valence-corrected chi connectivity index (χ3v) is 7.37. The van der Waals surface area contributed by atoms with E-state index in [0.717, 1.165) is 17.7 Å². The molecule has 0 fully saturated rings. The van der Waals surface area contributed by atoms with E-state index in [0.29, 0.717) is 30.2 Å². The van der Waals surface area contributed by atoms with Gasteiger partial charge in [-0.3, -0.25) is 9.59 Å². The number of para-hydroxylation sites is 1. The molecule has 3 heterocycles. The van der Waals surface area contributed by atoms with Crippen LogP contribution in [0.15, 0.2) is 60.0 Å². The van der Waals surface area contributed by atoms with Crippen LogP contribution in [-0.4, -0.2) is 54.1 Å². The molecule has 2 aliphatic heterocycles. The van der Waals surface area contributed by atoms with Gasteiger partial charge in [0.25, 0.3) is 5.91 Å². The van der Waals surface area contributed by atoms with Gasteiger partial charge in [0.05, 0.1) is 6.04 Å². The fraction of sp³-hybridized carbons (Fsp3) is 0.333. The van der Waals surface area contributed by atoms with Crippen LogP contribution in [0.1, 0.15) is 40.7 Å². The first-order valence-corrected chi connectivity index (χ1v) is 12.6. The third kappa shape index (κ3) is 4.84. The van der Waals surface area contributed by atoms with Crippen molar-refractivity contribution in [2.75, 3.05) is 26.5 Å². The molecule has 0 saturated carbocycles. The van der Waals surface area contributed by atoms with Gasteiger partial charge in [0.15, 0.2) is 11.5 Å². The Labute approximate surface area is 208 Å². The second-order valence-electron chi connectivity index (χ2n) is 8.87. The van der Waals surface area contributed by atoms with Gasteiger partial charge in [0, 0.05) is 23.0 Å². The summed E-state index contributed by atoms with van der Waals surface area (Å²) in [6.45, 7) is 4.93. The molecule has 0 radical (unpaired) electrons. The van der Waals surface area contributed by atoms with Crippen molar-refractivity contribution < 1.29 is 23.8 Å². The number of fused-ring (bicyclic) bond motifs is 2. The Morgan fingerprint density at radius 2 is 1.91 bits per heavy atom. The number of nitrogens with zero attached hydrogens (tertiary/aromatic N) is 2. The van der Waals surface area contributed by atoms with Gasteiger partial charge in [-0.05, 0) is 67.6 Å². The van der Waals surface area contributed by atoms with Crippen molar-refractivity contribution >= 4 is 23.2 Å². The fourth-order valence-electron chi connectivity index (χ4n) is 4.49. The van der Waals surface area contributed by atoms with Crippen LogP contribution in [0.2, 0.25) is 0 Å². The predicted molar refractivity (Wildman–Crippen MR) is 133 cm³/mol. The lowest BCUT2D eigenvalue weighted by atomic mass is 10.00. The van der Waals surface area contributed by atoms with Gasteiger partial charge < -0.3 is 24.0 Å². The van der Waals surface area contributed by atoms with Crippen LogP contribution < -0.4 is 14.2 Å². The minimum Gasteiger partial charge on any atom is -0.491 e. The maximum absolute atomic E-state index is 13.6. The summed E-state index contributed by atoms with van der Waals surface area (Å²) in [7, 11) is 0. The third-order valence-electron chi connectivity index (χ3n) is 6.38. The number of thiophene rings is 1. The predicted octanol–water partition coefficient (Wildman–Crippen LogP) is 4.53. The average Bonchev–Trinajstić information content (AvgIpc) is 3.54. The molecule has 3 aromatic rings. The van der Waals surface area contributed by atoms with Gasteiger partial charge in [-0.1, -0.05) is 18.2 Å². The number of hydrogen-bond acceptors (Lipinski definition) is 6. The lowest BCUT2D eigenvalue weighted by Gasteiger charge is -2.37. The molecule has 0 N–H and O–H groups in total. The summed E-state index contributed by atoms with van der Waals surface area (Å²) in [5.74, 6) is 1.63. The van der Waals surface area contributed by atoms with E-state index in [2.05, 4.69) is 11.4 Å². The first kappa shape index (κ1) is 23.2. The Kier molecular flexibility index (Phi) is 6.63. The zero-order chi connectivity index (χ0) is 24.4. The van der Waals surface area contributed by atoms with Gasteiger partial charge >= 0.3 is 0 Å². The SMILES string of the molecule is CC(C)N(CC(=O)N1CCc2sccc2[C@H]1COc1ccccc1)C(=O)c1ccc2c(c1)OCO2. The first-order valence-electron chi connectivity index (χ1n) is 11.8. The monoisotopic (exact) mass is 492 g/mol. The molecular formula is C27H28N2O5S. The molecule has 0 bridgehead atoms. The summed E-state index contributed by atoms with van der Waals surface area (Å²) in [5.41, 5.74) is 1.60. The lowest BCUT2D eigenvalue weighted by Crippen LogP contribution is -2.49. The molecule has 8 heteroatoms. The number of amides is 2. The lowest BCUT2D eigenvalue weighted by molar-refractivity contribution is -0.136. The van der Waals surface area contributed by atoms with Gasteiger partial charge in [0.1, 0.15) is 18.9 Å². The second kappa shape index (κ2) is 10.00. The molecule has 7 nitrogen and oxygen atoms in total. The molecule has 2 amide bonds. The molecule has 0 unspecified atom stereocenters. The second-order valence-corrected chi connectivity index (χ2v) is 9.87. The van der Waals surface area contributed by atoms with E-state index in [9.17, 15) is 9.59 Å². The molecule has 5 rings (SSSR count). The quantitative estimate of drug-likeness (QED) is 0.485. The van der Waals surface area contributed by atoms with E-state index >= 15 is 0 Å². The van der Waals surface area contributed by atoms with Crippen molar-refractivity contribution in [3.63, 3.8) is 0 Å². The van der Waals surface area contributed by atoms with E-state index in [4.69, 9.17) is 14.2 Å². The molecule has 0 saturated heterocycles. The molecule has 182 valence electrons. The molecule has 0 aliphatic carbocycles. The van der Waals surface area contributed by atoms with Crippen molar-refractivity contribution in [2.24, 2.45) is 0 Å². The van der Waals surface area contributed by atoms with Crippen LogP contribution in [-0.2, 0) is 11.2 Å². The Hall–Kier alpha value is -3.52. The van der Waals surface area contributed by atoms with E-state index in [-0.39, 0.29) is 37.2 Å². The maximum atomic E-state index is 13.6. The summed E-state index contributed by atoms with van der Waals surface area (Å²) < 4.78 is 16.9. The van der Waals surface area contributed by atoms with Crippen molar-refractivity contribution in [3.05, 3.63) is 76.0 Å². The molecular weight excluding hydrogens is 464 g/mol. The minimum absolute atomic E-state index is 0.00769. The molecule has 2 aliphatic rings. The number of carbonyl (C=O) groups is 2. The summed E-state index contributed by atoms with van der Waals surface area (Å²) in [5, 5.41) is 2.07. The summed E-state index contributed by atoms with van der Waals surface area (Å²) >= 11 is 1.72. The van der Waals surface area contributed by atoms with Gasteiger partial charge in [-0.2, -0.15) is 0 Å². The summed E-state index contributed by atoms with van der Waals surface area (Å²) in [6, 6.07) is 16.5. The Balaban J connectivity index is 1.34. The highest BCUT2D eigenvalue weighted by atomic mass is 32.1. The number of carbonyl (C=O) groups excluding carboxylic acids is 2.